The van der Waals surface area contributed by atoms with E-state index in [1.54, 1.807) is 19.1 Å². The summed E-state index contributed by atoms with van der Waals surface area (Å²) in [7, 11) is 0. The molecule has 2 aromatic rings. The predicted octanol–water partition coefficient (Wildman–Crippen LogP) is 1.10. The minimum atomic E-state index is 0.169. The Morgan fingerprint density at radius 2 is 2.14 bits per heavy atom. The summed E-state index contributed by atoms with van der Waals surface area (Å²) in [6.45, 7) is 2.13. The minimum Gasteiger partial charge on any atom is -0.506 e. The van der Waals surface area contributed by atoms with Crippen LogP contribution in [0.15, 0.2) is 18.2 Å². The molecule has 0 saturated carbocycles. The quantitative estimate of drug-likeness (QED) is 0.704. The third-order valence-corrected chi connectivity index (χ3v) is 2.09. The predicted molar refractivity (Wildman–Crippen MR) is 53.8 cm³/mol. The first-order valence-electron chi connectivity index (χ1n) is 4.37. The van der Waals surface area contributed by atoms with E-state index in [1.807, 2.05) is 6.07 Å². The van der Waals surface area contributed by atoms with Crippen molar-refractivity contribution in [3.8, 4) is 5.75 Å². The molecule has 72 valence electrons. The van der Waals surface area contributed by atoms with Crippen LogP contribution in [-0.2, 0) is 6.54 Å². The van der Waals surface area contributed by atoms with Crippen LogP contribution in [0.25, 0.3) is 10.9 Å². The van der Waals surface area contributed by atoms with Crippen molar-refractivity contribution in [2.45, 2.75) is 13.5 Å². The molecule has 4 heteroatoms. The average molecular weight is 189 g/mol. The largest absolute Gasteiger partial charge is 0.506 e. The highest BCUT2D eigenvalue weighted by atomic mass is 16.3. The molecule has 2 rings (SSSR count). The SMILES string of the molecule is Cc1nc(CN)c2cccc(O)c2n1. The van der Waals surface area contributed by atoms with E-state index < -0.39 is 0 Å². The molecule has 0 fully saturated rings. The van der Waals surface area contributed by atoms with E-state index in [9.17, 15) is 5.11 Å². The molecule has 0 amide bonds. The molecule has 14 heavy (non-hydrogen) atoms. The zero-order valence-electron chi connectivity index (χ0n) is 7.86. The van der Waals surface area contributed by atoms with E-state index in [-0.39, 0.29) is 5.75 Å². The van der Waals surface area contributed by atoms with Gasteiger partial charge in [0.2, 0.25) is 0 Å². The molecule has 1 aromatic carbocycles. The van der Waals surface area contributed by atoms with Crippen molar-refractivity contribution in [1.82, 2.24) is 9.97 Å². The van der Waals surface area contributed by atoms with Crippen molar-refractivity contribution in [1.29, 1.82) is 0 Å². The van der Waals surface area contributed by atoms with Gasteiger partial charge in [-0.25, -0.2) is 9.97 Å². The Hall–Kier alpha value is -1.68. The fourth-order valence-electron chi connectivity index (χ4n) is 1.48. The smallest absolute Gasteiger partial charge is 0.141 e. The summed E-state index contributed by atoms with van der Waals surface area (Å²) in [5, 5.41) is 10.4. The van der Waals surface area contributed by atoms with E-state index in [2.05, 4.69) is 9.97 Å². The van der Waals surface area contributed by atoms with Crippen molar-refractivity contribution in [3.63, 3.8) is 0 Å². The molecule has 0 spiro atoms. The zero-order valence-corrected chi connectivity index (χ0v) is 7.86. The maximum atomic E-state index is 9.58. The number of nitrogens with two attached hydrogens (primary N) is 1. The van der Waals surface area contributed by atoms with Crippen LogP contribution < -0.4 is 5.73 Å². The second-order valence-electron chi connectivity index (χ2n) is 3.09. The average Bonchev–Trinajstić information content (AvgIpc) is 2.18. The lowest BCUT2D eigenvalue weighted by molar-refractivity contribution is 0.480. The number of aromatic hydroxyl groups is 1. The lowest BCUT2D eigenvalue weighted by Gasteiger charge is -2.05. The third kappa shape index (κ3) is 1.29. The van der Waals surface area contributed by atoms with Crippen LogP contribution in [0.2, 0.25) is 0 Å². The molecule has 0 aliphatic carbocycles. The zero-order chi connectivity index (χ0) is 10.1. The lowest BCUT2D eigenvalue weighted by atomic mass is 10.1. The number of benzene rings is 1. The Morgan fingerprint density at radius 1 is 1.36 bits per heavy atom. The first-order chi connectivity index (χ1) is 6.72. The lowest BCUT2D eigenvalue weighted by Crippen LogP contribution is -2.03. The van der Waals surface area contributed by atoms with Crippen LogP contribution >= 0.6 is 0 Å². The molecule has 1 aromatic heterocycles. The highest BCUT2D eigenvalue weighted by Crippen LogP contribution is 2.23. The number of phenolic OH excluding ortho intramolecular Hbond substituents is 1. The first-order valence-corrected chi connectivity index (χ1v) is 4.37. The maximum absolute atomic E-state index is 9.58. The first kappa shape index (κ1) is 8.90. The summed E-state index contributed by atoms with van der Waals surface area (Å²) in [6.07, 6.45) is 0. The fraction of sp³-hybridized carbons (Fsp3) is 0.200. The summed E-state index contributed by atoms with van der Waals surface area (Å²) in [5.74, 6) is 0.794. The van der Waals surface area contributed by atoms with Crippen LogP contribution in [-0.4, -0.2) is 15.1 Å². The van der Waals surface area contributed by atoms with Gasteiger partial charge >= 0.3 is 0 Å². The molecule has 0 aliphatic heterocycles. The van der Waals surface area contributed by atoms with Gasteiger partial charge in [0.05, 0.1) is 5.69 Å². The highest BCUT2D eigenvalue weighted by molar-refractivity contribution is 5.86. The van der Waals surface area contributed by atoms with E-state index >= 15 is 0 Å². The number of para-hydroxylation sites is 1. The monoisotopic (exact) mass is 189 g/mol. The van der Waals surface area contributed by atoms with Crippen molar-refractivity contribution >= 4 is 10.9 Å². The molecule has 0 atom stereocenters. The Labute approximate surface area is 81.4 Å². The van der Waals surface area contributed by atoms with Crippen LogP contribution in [0.1, 0.15) is 11.5 Å². The minimum absolute atomic E-state index is 0.169. The standard InChI is InChI=1S/C10H11N3O/c1-6-12-8(5-11)7-3-2-4-9(14)10(7)13-6/h2-4,14H,5,11H2,1H3. The molecule has 0 aliphatic rings. The number of fused-ring (bicyclic) bond motifs is 1. The Balaban J connectivity index is 2.87. The van der Waals surface area contributed by atoms with Gasteiger partial charge in [-0.3, -0.25) is 0 Å². The molecule has 0 unspecified atom stereocenters. The van der Waals surface area contributed by atoms with Gasteiger partial charge in [-0.15, -0.1) is 0 Å². The van der Waals surface area contributed by atoms with Crippen LogP contribution in [0, 0.1) is 6.92 Å². The Morgan fingerprint density at radius 3 is 2.86 bits per heavy atom. The summed E-state index contributed by atoms with van der Waals surface area (Å²) >= 11 is 0. The van der Waals surface area contributed by atoms with Crippen LogP contribution in [0.5, 0.6) is 5.75 Å². The number of phenols is 1. The van der Waals surface area contributed by atoms with Crippen molar-refractivity contribution in [2.24, 2.45) is 5.73 Å². The molecule has 0 saturated heterocycles. The number of hydrogen-bond acceptors (Lipinski definition) is 4. The van der Waals surface area contributed by atoms with Gasteiger partial charge in [0.25, 0.3) is 0 Å². The number of nitrogens with zero attached hydrogens (tertiary/aromatic N) is 2. The number of aromatic nitrogens is 2. The Kier molecular flexibility index (Phi) is 2.05. The highest BCUT2D eigenvalue weighted by Gasteiger charge is 2.06. The molecule has 1 heterocycles. The Bertz CT molecular complexity index is 482. The van der Waals surface area contributed by atoms with E-state index in [0.29, 0.717) is 17.9 Å². The number of aryl methyl sites for hydroxylation is 1. The van der Waals surface area contributed by atoms with Crippen molar-refractivity contribution < 1.29 is 5.11 Å². The summed E-state index contributed by atoms with van der Waals surface area (Å²) < 4.78 is 0. The van der Waals surface area contributed by atoms with Gasteiger partial charge in [-0.2, -0.15) is 0 Å². The topological polar surface area (TPSA) is 72.0 Å². The second kappa shape index (κ2) is 3.23. The van der Waals surface area contributed by atoms with Gasteiger partial charge in [0.1, 0.15) is 17.1 Å². The van der Waals surface area contributed by atoms with Gasteiger partial charge < -0.3 is 10.8 Å². The second-order valence-corrected chi connectivity index (χ2v) is 3.09. The van der Waals surface area contributed by atoms with Crippen molar-refractivity contribution in [2.75, 3.05) is 0 Å². The van der Waals surface area contributed by atoms with Crippen molar-refractivity contribution in [3.05, 3.63) is 29.7 Å². The van der Waals surface area contributed by atoms with Crippen LogP contribution in [0.3, 0.4) is 0 Å². The van der Waals surface area contributed by atoms with Gasteiger partial charge in [-0.05, 0) is 13.0 Å². The summed E-state index contributed by atoms with van der Waals surface area (Å²) in [6, 6.07) is 5.22. The molecular formula is C10H11N3O. The third-order valence-electron chi connectivity index (χ3n) is 2.09. The fourth-order valence-corrected chi connectivity index (χ4v) is 1.48. The van der Waals surface area contributed by atoms with E-state index in [0.717, 1.165) is 11.1 Å². The normalized spacial score (nSPS) is 10.7. The maximum Gasteiger partial charge on any atom is 0.141 e. The molecule has 0 bridgehead atoms. The summed E-state index contributed by atoms with van der Waals surface area (Å²) in [5.41, 5.74) is 6.90. The van der Waals surface area contributed by atoms with Gasteiger partial charge in [0.15, 0.2) is 0 Å². The molecule has 0 radical (unpaired) electrons. The van der Waals surface area contributed by atoms with E-state index in [4.69, 9.17) is 5.73 Å². The van der Waals surface area contributed by atoms with Gasteiger partial charge in [-0.1, -0.05) is 12.1 Å². The number of hydrogen-bond donors (Lipinski definition) is 2. The van der Waals surface area contributed by atoms with E-state index in [1.165, 1.54) is 0 Å². The molecule has 4 nitrogen and oxygen atoms in total. The number of rotatable bonds is 1. The van der Waals surface area contributed by atoms with Crippen LogP contribution in [0.4, 0.5) is 0 Å². The molecular weight excluding hydrogens is 178 g/mol. The molecule has 3 N–H and O–H groups in total. The summed E-state index contributed by atoms with van der Waals surface area (Å²) in [4.78, 5) is 8.38. The van der Waals surface area contributed by atoms with Gasteiger partial charge in [0, 0.05) is 11.9 Å².